The number of rotatable bonds is 13. The lowest BCUT2D eigenvalue weighted by Crippen LogP contribution is -2.32. The molecule has 0 aliphatic carbocycles. The van der Waals surface area contributed by atoms with Crippen molar-refractivity contribution in [2.24, 2.45) is 17.8 Å². The second-order valence-electron chi connectivity index (χ2n) is 8.08. The van der Waals surface area contributed by atoms with Gasteiger partial charge in [-0.05, 0) is 24.2 Å². The summed E-state index contributed by atoms with van der Waals surface area (Å²) in [4.78, 5) is 0. The van der Waals surface area contributed by atoms with Gasteiger partial charge in [-0.25, -0.2) is 4.57 Å². The Hall–Kier alpha value is -0.850. The standard InChI is InChI=1S/C22H40N/c1-20(2)12-10-14-22(4)16-11-15-21(3)13-6-9-19-23-17-7-5-8-18-23/h5,7-8,17-18,20-22H,6,9-16,19H2,1-4H3/q+1. The molecule has 0 aliphatic heterocycles. The van der Waals surface area contributed by atoms with E-state index in [4.69, 9.17) is 0 Å². The van der Waals surface area contributed by atoms with Crippen molar-refractivity contribution in [2.75, 3.05) is 0 Å². The van der Waals surface area contributed by atoms with Crippen LogP contribution in [0.15, 0.2) is 30.6 Å². The van der Waals surface area contributed by atoms with Gasteiger partial charge in [-0.15, -0.1) is 0 Å². The smallest absolute Gasteiger partial charge is 0.168 e. The van der Waals surface area contributed by atoms with Crippen LogP contribution in [-0.2, 0) is 6.54 Å². The maximum atomic E-state index is 2.45. The van der Waals surface area contributed by atoms with E-state index in [1.165, 1.54) is 64.3 Å². The summed E-state index contributed by atoms with van der Waals surface area (Å²) in [7, 11) is 0. The first-order valence-electron chi connectivity index (χ1n) is 10.0. The van der Waals surface area contributed by atoms with Crippen LogP contribution in [0.5, 0.6) is 0 Å². The lowest BCUT2D eigenvalue weighted by atomic mass is 9.92. The van der Waals surface area contributed by atoms with E-state index in [2.05, 4.69) is 62.9 Å². The number of aryl methyl sites for hydroxylation is 1. The molecule has 0 saturated heterocycles. The third-order valence-electron chi connectivity index (χ3n) is 5.01. The zero-order valence-corrected chi connectivity index (χ0v) is 16.1. The second kappa shape index (κ2) is 12.6. The van der Waals surface area contributed by atoms with Gasteiger partial charge in [0.05, 0.1) is 0 Å². The molecule has 1 heteroatoms. The first-order valence-corrected chi connectivity index (χ1v) is 10.0. The summed E-state index contributed by atoms with van der Waals surface area (Å²) in [5.74, 6) is 2.70. The van der Waals surface area contributed by atoms with Crippen molar-refractivity contribution in [1.82, 2.24) is 0 Å². The molecule has 0 saturated carbocycles. The van der Waals surface area contributed by atoms with Crippen LogP contribution in [0.25, 0.3) is 0 Å². The highest BCUT2D eigenvalue weighted by molar-refractivity contribution is 4.83. The van der Waals surface area contributed by atoms with Gasteiger partial charge >= 0.3 is 0 Å². The Bertz CT molecular complexity index is 371. The van der Waals surface area contributed by atoms with Crippen LogP contribution in [0.2, 0.25) is 0 Å². The van der Waals surface area contributed by atoms with Gasteiger partial charge in [0.15, 0.2) is 12.4 Å². The number of unbranched alkanes of at least 4 members (excludes halogenated alkanes) is 1. The van der Waals surface area contributed by atoms with Crippen LogP contribution in [0, 0.1) is 17.8 Å². The van der Waals surface area contributed by atoms with Gasteiger partial charge in [-0.1, -0.05) is 78.7 Å². The van der Waals surface area contributed by atoms with Crippen LogP contribution in [0.1, 0.15) is 85.5 Å². The number of nitrogens with zero attached hydrogens (tertiary/aromatic N) is 1. The van der Waals surface area contributed by atoms with Gasteiger partial charge in [0.25, 0.3) is 0 Å². The Labute approximate surface area is 145 Å². The van der Waals surface area contributed by atoms with E-state index in [-0.39, 0.29) is 0 Å². The summed E-state index contributed by atoms with van der Waals surface area (Å²) in [6, 6.07) is 6.32. The fourth-order valence-electron chi connectivity index (χ4n) is 3.35. The summed E-state index contributed by atoms with van der Waals surface area (Å²) in [6.07, 6.45) is 17.0. The van der Waals surface area contributed by atoms with Crippen molar-refractivity contribution < 1.29 is 4.57 Å². The zero-order valence-electron chi connectivity index (χ0n) is 16.1. The van der Waals surface area contributed by atoms with Gasteiger partial charge < -0.3 is 0 Å². The molecular weight excluding hydrogens is 278 g/mol. The predicted octanol–water partition coefficient (Wildman–Crippen LogP) is 6.41. The molecule has 0 spiro atoms. The van der Waals surface area contributed by atoms with Crippen LogP contribution in [0.4, 0.5) is 0 Å². The molecule has 1 nitrogen and oxygen atoms in total. The molecule has 132 valence electrons. The molecule has 0 fully saturated rings. The molecule has 1 rings (SSSR count). The summed E-state index contributed by atoms with van der Waals surface area (Å²) < 4.78 is 2.30. The SMILES string of the molecule is CC(C)CCCC(C)CCCC(C)CCCC[n+]1ccccc1. The molecule has 2 unspecified atom stereocenters. The molecule has 0 N–H and O–H groups in total. The Morgan fingerprint density at radius 2 is 1.13 bits per heavy atom. The van der Waals surface area contributed by atoms with Crippen LogP contribution in [-0.4, -0.2) is 0 Å². The molecule has 0 aromatic carbocycles. The molecule has 1 heterocycles. The number of pyridine rings is 1. The maximum Gasteiger partial charge on any atom is 0.168 e. The molecule has 2 atom stereocenters. The third kappa shape index (κ3) is 11.3. The minimum atomic E-state index is 0.872. The van der Waals surface area contributed by atoms with E-state index in [0.717, 1.165) is 17.8 Å². The van der Waals surface area contributed by atoms with E-state index in [9.17, 15) is 0 Å². The number of aromatic nitrogens is 1. The molecular formula is C22H40N+. The van der Waals surface area contributed by atoms with E-state index >= 15 is 0 Å². The lowest BCUT2D eigenvalue weighted by molar-refractivity contribution is -0.697. The topological polar surface area (TPSA) is 3.88 Å². The van der Waals surface area contributed by atoms with E-state index < -0.39 is 0 Å². The highest BCUT2D eigenvalue weighted by Crippen LogP contribution is 2.21. The summed E-state index contributed by atoms with van der Waals surface area (Å²) in [5.41, 5.74) is 0. The lowest BCUT2D eigenvalue weighted by Gasteiger charge is -2.14. The summed E-state index contributed by atoms with van der Waals surface area (Å²) in [6.45, 7) is 10.7. The van der Waals surface area contributed by atoms with Crippen molar-refractivity contribution in [3.8, 4) is 0 Å². The number of hydrogen-bond donors (Lipinski definition) is 0. The van der Waals surface area contributed by atoms with Gasteiger partial charge in [-0.2, -0.15) is 0 Å². The molecule has 23 heavy (non-hydrogen) atoms. The van der Waals surface area contributed by atoms with Crippen molar-refractivity contribution >= 4 is 0 Å². The molecule has 0 amide bonds. The summed E-state index contributed by atoms with van der Waals surface area (Å²) in [5, 5.41) is 0. The minimum absolute atomic E-state index is 0.872. The Morgan fingerprint density at radius 3 is 1.70 bits per heavy atom. The van der Waals surface area contributed by atoms with E-state index in [1.54, 1.807) is 0 Å². The van der Waals surface area contributed by atoms with Crippen molar-refractivity contribution in [3.05, 3.63) is 30.6 Å². The average molecular weight is 319 g/mol. The Balaban J connectivity index is 1.96. The first-order chi connectivity index (χ1) is 11.1. The number of hydrogen-bond acceptors (Lipinski definition) is 0. The molecule has 0 bridgehead atoms. The third-order valence-corrected chi connectivity index (χ3v) is 5.01. The summed E-state index contributed by atoms with van der Waals surface area (Å²) >= 11 is 0. The average Bonchev–Trinajstić information content (AvgIpc) is 2.52. The Morgan fingerprint density at radius 1 is 0.609 bits per heavy atom. The maximum absolute atomic E-state index is 2.45. The predicted molar refractivity (Wildman–Crippen MR) is 101 cm³/mol. The minimum Gasteiger partial charge on any atom is -0.205 e. The van der Waals surface area contributed by atoms with Gasteiger partial charge in [0.2, 0.25) is 0 Å². The quantitative estimate of drug-likeness (QED) is 0.292. The highest BCUT2D eigenvalue weighted by Gasteiger charge is 2.07. The zero-order chi connectivity index (χ0) is 16.9. The van der Waals surface area contributed by atoms with Crippen molar-refractivity contribution in [2.45, 2.75) is 92.0 Å². The monoisotopic (exact) mass is 318 g/mol. The van der Waals surface area contributed by atoms with Gasteiger partial charge in [0, 0.05) is 18.6 Å². The molecule has 1 aromatic rings. The van der Waals surface area contributed by atoms with Crippen LogP contribution < -0.4 is 4.57 Å². The van der Waals surface area contributed by atoms with Crippen LogP contribution in [0.3, 0.4) is 0 Å². The first kappa shape index (κ1) is 20.2. The second-order valence-corrected chi connectivity index (χ2v) is 8.08. The normalized spacial score (nSPS) is 14.1. The fourth-order valence-corrected chi connectivity index (χ4v) is 3.35. The van der Waals surface area contributed by atoms with Gasteiger partial charge in [0.1, 0.15) is 6.54 Å². The van der Waals surface area contributed by atoms with Crippen molar-refractivity contribution in [3.63, 3.8) is 0 Å². The highest BCUT2D eigenvalue weighted by atomic mass is 14.9. The van der Waals surface area contributed by atoms with E-state index in [0.29, 0.717) is 0 Å². The van der Waals surface area contributed by atoms with Crippen LogP contribution >= 0.6 is 0 Å². The largest absolute Gasteiger partial charge is 0.205 e. The molecule has 0 aliphatic rings. The Kier molecular flexibility index (Phi) is 11.0. The molecule has 0 radical (unpaired) electrons. The van der Waals surface area contributed by atoms with E-state index in [1.807, 2.05) is 0 Å². The molecule has 1 aromatic heterocycles. The van der Waals surface area contributed by atoms with Crippen molar-refractivity contribution in [1.29, 1.82) is 0 Å². The fraction of sp³-hybridized carbons (Fsp3) is 0.773. The van der Waals surface area contributed by atoms with Gasteiger partial charge in [-0.3, -0.25) is 0 Å².